The van der Waals surface area contributed by atoms with Crippen LogP contribution in [0.5, 0.6) is 0 Å². The lowest BCUT2D eigenvalue weighted by atomic mass is 13.3. The van der Waals surface area contributed by atoms with E-state index in [-0.39, 0.29) is 0 Å². The summed E-state index contributed by atoms with van der Waals surface area (Å²) in [5.41, 5.74) is 15.6. The minimum absolute atomic E-state index is 1.31. The van der Waals surface area contributed by atoms with Crippen LogP contribution in [0.15, 0.2) is 4.88 Å². The van der Waals surface area contributed by atoms with Gasteiger partial charge in [-0.05, 0) is 0 Å². The first-order chi connectivity index (χ1) is 2.27. The van der Waals surface area contributed by atoms with Crippen LogP contribution < -0.4 is 11.0 Å². The molecule has 0 rings (SSSR count). The quantitative estimate of drug-likeness (QED) is 0.317. The molecule has 0 fully saturated rings. The van der Waals surface area contributed by atoms with Gasteiger partial charge in [-0.3, -0.25) is 11.0 Å². The highest BCUT2D eigenvalue weighted by atomic mass is 31.1. The van der Waals surface area contributed by atoms with Gasteiger partial charge in [-0.15, -0.1) is 4.88 Å². The standard InChI is InChI=1S/H5N4P/c1-4-5(2)3/h1H,2-3H2. The lowest BCUT2D eigenvalue weighted by Crippen LogP contribution is -1.91. The van der Waals surface area contributed by atoms with Gasteiger partial charge in [-0.1, -0.05) is 0 Å². The smallest absolute Gasteiger partial charge is 0.180 e. The summed E-state index contributed by atoms with van der Waals surface area (Å²) in [4.78, 5) is 2.76. The number of hydrogen-bond donors (Lipinski definition) is 3. The van der Waals surface area contributed by atoms with Crippen LogP contribution in [0.1, 0.15) is 0 Å². The van der Waals surface area contributed by atoms with Crippen molar-refractivity contribution in [3.8, 4) is 0 Å². The van der Waals surface area contributed by atoms with Crippen LogP contribution in [-0.4, -0.2) is 0 Å². The van der Waals surface area contributed by atoms with E-state index in [1.165, 1.54) is 0 Å². The second-order valence-electron chi connectivity index (χ2n) is 0.480. The van der Waals surface area contributed by atoms with Gasteiger partial charge in [-0.2, -0.15) is 0 Å². The molecule has 5 heteroatoms. The molecule has 30 valence electrons. The normalized spacial score (nSPS) is 8.60. The van der Waals surface area contributed by atoms with E-state index < -0.39 is 8.37 Å². The molecule has 0 spiro atoms. The summed E-state index contributed by atoms with van der Waals surface area (Å²) in [7, 11) is -1.31. The van der Waals surface area contributed by atoms with Crippen molar-refractivity contribution >= 4 is 8.37 Å². The molecule has 0 amide bonds. The van der Waals surface area contributed by atoms with Gasteiger partial charge in [0, 0.05) is 0 Å². The summed E-state index contributed by atoms with van der Waals surface area (Å²) in [6, 6.07) is 0. The molecule has 0 saturated carbocycles. The molecular weight excluding hydrogens is 87.0 g/mol. The zero-order valence-electron chi connectivity index (χ0n) is 2.55. The molecule has 0 radical (unpaired) electrons. The van der Waals surface area contributed by atoms with Gasteiger partial charge < -0.3 is 0 Å². The average Bonchev–Trinajstić information content (AvgIpc) is 1.38. The molecular formula is H5N4P. The molecule has 5 heavy (non-hydrogen) atoms. The van der Waals surface area contributed by atoms with Crippen LogP contribution in [0, 0.1) is 5.53 Å². The molecule has 0 aliphatic rings. The van der Waals surface area contributed by atoms with Crippen molar-refractivity contribution in [3.05, 3.63) is 0 Å². The van der Waals surface area contributed by atoms with Crippen LogP contribution in [0.3, 0.4) is 0 Å². The Bertz CT molecular complexity index is 30.6. The van der Waals surface area contributed by atoms with Crippen molar-refractivity contribution in [2.75, 3.05) is 0 Å². The summed E-state index contributed by atoms with van der Waals surface area (Å²) in [5.74, 6) is 0. The van der Waals surface area contributed by atoms with E-state index in [0.717, 1.165) is 0 Å². The van der Waals surface area contributed by atoms with Crippen molar-refractivity contribution < 1.29 is 0 Å². The molecule has 0 aromatic rings. The minimum atomic E-state index is -1.31. The first kappa shape index (κ1) is 4.95. The Hall–Kier alpha value is -0.0500. The van der Waals surface area contributed by atoms with Crippen LogP contribution in [0.4, 0.5) is 0 Å². The minimum Gasteiger partial charge on any atom is -0.278 e. The number of nitrogens with zero attached hydrogens (tertiary/aromatic N) is 1. The molecule has 4 nitrogen and oxygen atoms in total. The monoisotopic (exact) mass is 92.0 g/mol. The third-order valence-electron chi connectivity index (χ3n) is 0.115. The Morgan fingerprint density at radius 1 is 1.60 bits per heavy atom. The highest BCUT2D eigenvalue weighted by Crippen LogP contribution is 2.10. The van der Waals surface area contributed by atoms with Crippen LogP contribution in [0.25, 0.3) is 0 Å². The van der Waals surface area contributed by atoms with Gasteiger partial charge in [0.1, 0.15) is 0 Å². The van der Waals surface area contributed by atoms with Gasteiger partial charge >= 0.3 is 0 Å². The van der Waals surface area contributed by atoms with E-state index >= 15 is 0 Å². The maximum Gasteiger partial charge on any atom is 0.180 e. The third kappa shape index (κ3) is 3.95. The predicted octanol–water partition coefficient (Wildman–Crippen LogP) is 0.162. The van der Waals surface area contributed by atoms with E-state index in [9.17, 15) is 0 Å². The molecule has 0 atom stereocenters. The number of nitrogens with one attached hydrogen (secondary N) is 1. The molecule has 0 saturated heterocycles. The Morgan fingerprint density at radius 2 is 1.80 bits per heavy atom. The molecule has 0 bridgehead atoms. The highest BCUT2D eigenvalue weighted by Gasteiger charge is 1.77. The summed E-state index contributed by atoms with van der Waals surface area (Å²) >= 11 is 0. The van der Waals surface area contributed by atoms with E-state index in [0.29, 0.717) is 0 Å². The molecule has 5 N–H and O–H groups in total. The predicted molar refractivity (Wildman–Crippen MR) is 20.4 cm³/mol. The lowest BCUT2D eigenvalue weighted by molar-refractivity contribution is 1.22. The fraction of sp³-hybridized carbons (Fsp3) is 0. The van der Waals surface area contributed by atoms with Crippen LogP contribution >= 0.6 is 8.37 Å². The topological polar surface area (TPSA) is 88.2 Å². The van der Waals surface area contributed by atoms with Crippen molar-refractivity contribution in [2.45, 2.75) is 0 Å². The van der Waals surface area contributed by atoms with Crippen molar-refractivity contribution in [1.82, 2.24) is 0 Å². The van der Waals surface area contributed by atoms with E-state index in [1.807, 2.05) is 0 Å². The SMILES string of the molecule is N=NP(N)N. The van der Waals surface area contributed by atoms with Crippen molar-refractivity contribution in [3.63, 3.8) is 0 Å². The third-order valence-corrected chi connectivity index (χ3v) is 0.346. The van der Waals surface area contributed by atoms with Crippen LogP contribution in [0.2, 0.25) is 0 Å². The van der Waals surface area contributed by atoms with Crippen molar-refractivity contribution in [2.24, 2.45) is 15.9 Å². The molecule has 0 heterocycles. The Morgan fingerprint density at radius 3 is 1.80 bits per heavy atom. The largest absolute Gasteiger partial charge is 0.278 e. The van der Waals surface area contributed by atoms with Gasteiger partial charge in [0.25, 0.3) is 0 Å². The first-order valence-electron chi connectivity index (χ1n) is 0.940. The van der Waals surface area contributed by atoms with Gasteiger partial charge in [0.05, 0.1) is 0 Å². The van der Waals surface area contributed by atoms with Gasteiger partial charge in [-0.25, -0.2) is 5.53 Å². The second kappa shape index (κ2) is 2.20. The number of rotatable bonds is 1. The van der Waals surface area contributed by atoms with Crippen LogP contribution in [-0.2, 0) is 0 Å². The summed E-state index contributed by atoms with van der Waals surface area (Å²) in [6.45, 7) is 0. The fourth-order valence-electron chi connectivity index (χ4n) is 0. The van der Waals surface area contributed by atoms with Gasteiger partial charge in [0.2, 0.25) is 0 Å². The second-order valence-corrected chi connectivity index (χ2v) is 1.44. The highest BCUT2D eigenvalue weighted by molar-refractivity contribution is 7.50. The van der Waals surface area contributed by atoms with E-state index in [4.69, 9.17) is 16.5 Å². The first-order valence-corrected chi connectivity index (χ1v) is 2.37. The molecule has 0 unspecified atom stereocenters. The zero-order chi connectivity index (χ0) is 4.28. The average molecular weight is 92.0 g/mol. The van der Waals surface area contributed by atoms with E-state index in [2.05, 4.69) is 4.88 Å². The number of nitrogens with two attached hydrogens (primary N) is 2. The summed E-state index contributed by atoms with van der Waals surface area (Å²) in [6.07, 6.45) is 0. The molecule has 0 aliphatic carbocycles. The van der Waals surface area contributed by atoms with Gasteiger partial charge in [0.15, 0.2) is 8.37 Å². The zero-order valence-corrected chi connectivity index (χ0v) is 3.44. The Balaban J connectivity index is 2.83. The molecule has 0 aromatic heterocycles. The Labute approximate surface area is 31.0 Å². The van der Waals surface area contributed by atoms with E-state index in [1.54, 1.807) is 0 Å². The Kier molecular flexibility index (Phi) is 2.18. The van der Waals surface area contributed by atoms with Crippen molar-refractivity contribution in [1.29, 1.82) is 5.53 Å². The fourth-order valence-corrected chi connectivity index (χ4v) is 0. The molecule has 0 aromatic carbocycles. The molecule has 0 aliphatic heterocycles. The summed E-state index contributed by atoms with van der Waals surface area (Å²) < 4.78 is 0. The number of hydrogen-bond acceptors (Lipinski definition) is 4. The maximum atomic E-state index is 6.06. The summed E-state index contributed by atoms with van der Waals surface area (Å²) in [5, 5.41) is 0. The lowest BCUT2D eigenvalue weighted by Gasteiger charge is -1.83. The maximum absolute atomic E-state index is 6.06.